The quantitative estimate of drug-likeness (QED) is 0.615. The van der Waals surface area contributed by atoms with Crippen LogP contribution in [0.25, 0.3) is 0 Å². The predicted molar refractivity (Wildman–Crippen MR) is 75.6 cm³/mol. The smallest absolute Gasteiger partial charge is 0.303 e. The van der Waals surface area contributed by atoms with E-state index in [9.17, 15) is 9.59 Å². The van der Waals surface area contributed by atoms with Crippen LogP contribution in [0, 0.1) is 0 Å². The van der Waals surface area contributed by atoms with Gasteiger partial charge in [0, 0.05) is 19.5 Å². The van der Waals surface area contributed by atoms with E-state index in [2.05, 4.69) is 10.2 Å². The van der Waals surface area contributed by atoms with E-state index < -0.39 is 5.97 Å². The van der Waals surface area contributed by atoms with Crippen LogP contribution in [0.2, 0.25) is 0 Å². The van der Waals surface area contributed by atoms with E-state index in [1.165, 1.54) is 0 Å². The summed E-state index contributed by atoms with van der Waals surface area (Å²) in [4.78, 5) is 24.6. The van der Waals surface area contributed by atoms with Crippen molar-refractivity contribution >= 4 is 11.9 Å². The number of carboxylic acid groups (broad SMARTS) is 1. The number of ether oxygens (including phenoxy) is 1. The summed E-state index contributed by atoms with van der Waals surface area (Å²) >= 11 is 0. The van der Waals surface area contributed by atoms with Crippen molar-refractivity contribution in [2.75, 3.05) is 32.8 Å². The number of carbonyl (C=O) groups is 2. The van der Waals surface area contributed by atoms with Gasteiger partial charge in [-0.05, 0) is 25.8 Å². The molecule has 2 N–H and O–H groups in total. The summed E-state index contributed by atoms with van der Waals surface area (Å²) < 4.78 is 5.39. The molecule has 0 spiro atoms. The molecule has 0 aromatic carbocycles. The highest BCUT2D eigenvalue weighted by Gasteiger charge is 2.28. The fraction of sp³-hybridized carbons (Fsp3) is 0.857. The van der Waals surface area contributed by atoms with Crippen molar-refractivity contribution in [3.05, 3.63) is 0 Å². The lowest BCUT2D eigenvalue weighted by Crippen LogP contribution is -2.54. The fourth-order valence-corrected chi connectivity index (χ4v) is 2.28. The molecule has 0 aromatic rings. The zero-order valence-corrected chi connectivity index (χ0v) is 12.3. The van der Waals surface area contributed by atoms with Crippen LogP contribution in [-0.4, -0.2) is 60.8 Å². The van der Waals surface area contributed by atoms with Gasteiger partial charge >= 0.3 is 5.97 Å². The Labute approximate surface area is 120 Å². The highest BCUT2D eigenvalue weighted by atomic mass is 16.5. The number of carboxylic acids is 1. The van der Waals surface area contributed by atoms with Crippen LogP contribution >= 0.6 is 0 Å². The third-order valence-corrected chi connectivity index (χ3v) is 3.43. The number of nitrogens with one attached hydrogen (secondary N) is 1. The molecule has 0 radical (unpaired) electrons. The third-order valence-electron chi connectivity index (χ3n) is 3.43. The van der Waals surface area contributed by atoms with Crippen LogP contribution < -0.4 is 5.32 Å². The molecule has 1 aliphatic rings. The van der Waals surface area contributed by atoms with E-state index in [4.69, 9.17) is 9.84 Å². The van der Waals surface area contributed by atoms with Gasteiger partial charge in [0.2, 0.25) is 5.91 Å². The summed E-state index contributed by atoms with van der Waals surface area (Å²) in [7, 11) is 0. The minimum atomic E-state index is -0.742. The minimum Gasteiger partial charge on any atom is -0.481 e. The van der Waals surface area contributed by atoms with Gasteiger partial charge in [0.25, 0.3) is 0 Å². The zero-order chi connectivity index (χ0) is 14.8. The number of morpholine rings is 1. The highest BCUT2D eigenvalue weighted by Crippen LogP contribution is 2.10. The molecule has 1 atom stereocenters. The predicted octanol–water partition coefficient (Wildman–Crippen LogP) is 0.858. The molecule has 1 unspecified atom stereocenters. The van der Waals surface area contributed by atoms with Crippen LogP contribution in [0.5, 0.6) is 0 Å². The Kier molecular flexibility index (Phi) is 8.22. The van der Waals surface area contributed by atoms with E-state index in [0.29, 0.717) is 26.2 Å². The maximum atomic E-state index is 12.0. The molecular weight excluding hydrogens is 260 g/mol. The molecule has 6 nitrogen and oxygen atoms in total. The summed E-state index contributed by atoms with van der Waals surface area (Å²) in [6.45, 7) is 5.42. The first-order chi connectivity index (χ1) is 9.65. The zero-order valence-electron chi connectivity index (χ0n) is 12.3. The molecule has 1 heterocycles. The van der Waals surface area contributed by atoms with E-state index in [1.807, 2.05) is 6.92 Å². The second-order valence-electron chi connectivity index (χ2n) is 5.12. The first-order valence-electron chi connectivity index (χ1n) is 7.46. The summed E-state index contributed by atoms with van der Waals surface area (Å²) in [5.41, 5.74) is 0. The van der Waals surface area contributed by atoms with Gasteiger partial charge in [0.05, 0.1) is 13.2 Å². The average Bonchev–Trinajstić information content (AvgIpc) is 2.44. The number of carbonyl (C=O) groups excluding carboxylic acids is 1. The van der Waals surface area contributed by atoms with Gasteiger partial charge in [0.1, 0.15) is 6.04 Å². The van der Waals surface area contributed by atoms with Crippen LogP contribution in [-0.2, 0) is 14.3 Å². The lowest BCUT2D eigenvalue weighted by molar-refractivity contribution is -0.137. The first-order valence-corrected chi connectivity index (χ1v) is 7.46. The van der Waals surface area contributed by atoms with Crippen LogP contribution in [0.4, 0.5) is 0 Å². The third kappa shape index (κ3) is 6.34. The molecule has 1 rings (SSSR count). The van der Waals surface area contributed by atoms with Gasteiger partial charge in [0.15, 0.2) is 0 Å². The number of aliphatic carboxylic acids is 1. The van der Waals surface area contributed by atoms with Crippen molar-refractivity contribution in [1.82, 2.24) is 10.2 Å². The SMILES string of the molecule is CCCNC(=O)C1COCCN1CCCCCC(=O)O. The Balaban J connectivity index is 2.28. The molecule has 0 aliphatic carbocycles. The second kappa shape index (κ2) is 9.72. The van der Waals surface area contributed by atoms with Crippen LogP contribution in [0.15, 0.2) is 0 Å². The van der Waals surface area contributed by atoms with Crippen molar-refractivity contribution in [1.29, 1.82) is 0 Å². The number of hydrogen-bond donors (Lipinski definition) is 2. The summed E-state index contributed by atoms with van der Waals surface area (Å²) in [5, 5.41) is 11.5. The topological polar surface area (TPSA) is 78.9 Å². The largest absolute Gasteiger partial charge is 0.481 e. The molecule has 6 heteroatoms. The molecule has 20 heavy (non-hydrogen) atoms. The van der Waals surface area contributed by atoms with Crippen molar-refractivity contribution in [2.45, 2.75) is 45.1 Å². The Hall–Kier alpha value is -1.14. The van der Waals surface area contributed by atoms with Gasteiger partial charge in [-0.2, -0.15) is 0 Å². The van der Waals surface area contributed by atoms with Crippen LogP contribution in [0.3, 0.4) is 0 Å². The van der Waals surface area contributed by atoms with Crippen LogP contribution in [0.1, 0.15) is 39.0 Å². The van der Waals surface area contributed by atoms with Gasteiger partial charge in [-0.3, -0.25) is 14.5 Å². The van der Waals surface area contributed by atoms with Crippen molar-refractivity contribution in [3.8, 4) is 0 Å². The lowest BCUT2D eigenvalue weighted by atomic mass is 10.1. The Morgan fingerprint density at radius 1 is 1.35 bits per heavy atom. The maximum absolute atomic E-state index is 12.0. The maximum Gasteiger partial charge on any atom is 0.303 e. The second-order valence-corrected chi connectivity index (χ2v) is 5.12. The van der Waals surface area contributed by atoms with E-state index >= 15 is 0 Å². The average molecular weight is 286 g/mol. The number of hydrogen-bond acceptors (Lipinski definition) is 4. The van der Waals surface area contributed by atoms with E-state index in [1.54, 1.807) is 0 Å². The molecule has 1 fully saturated rings. The highest BCUT2D eigenvalue weighted by molar-refractivity contribution is 5.82. The summed E-state index contributed by atoms with van der Waals surface area (Å²) in [5.74, 6) is -0.703. The Morgan fingerprint density at radius 3 is 2.85 bits per heavy atom. The number of nitrogens with zero attached hydrogens (tertiary/aromatic N) is 1. The number of rotatable bonds is 9. The molecule has 1 saturated heterocycles. The normalized spacial score (nSPS) is 19.8. The molecule has 0 bridgehead atoms. The molecule has 0 saturated carbocycles. The summed E-state index contributed by atoms with van der Waals surface area (Å²) in [6, 6.07) is -0.199. The lowest BCUT2D eigenvalue weighted by Gasteiger charge is -2.34. The standard InChI is InChI=1S/C14H26N2O4/c1-2-7-15-14(19)12-11-20-10-9-16(12)8-5-3-4-6-13(17)18/h12H,2-11H2,1H3,(H,15,19)(H,17,18). The molecule has 1 aliphatic heterocycles. The van der Waals surface area contributed by atoms with Crippen molar-refractivity contribution < 1.29 is 19.4 Å². The number of amides is 1. The first kappa shape index (κ1) is 16.9. The van der Waals surface area contributed by atoms with Gasteiger partial charge in [-0.15, -0.1) is 0 Å². The Morgan fingerprint density at radius 2 is 2.15 bits per heavy atom. The summed E-state index contributed by atoms with van der Waals surface area (Å²) in [6.07, 6.45) is 3.65. The van der Waals surface area contributed by atoms with E-state index in [0.717, 1.165) is 32.4 Å². The van der Waals surface area contributed by atoms with Gasteiger partial charge in [-0.1, -0.05) is 13.3 Å². The molecular formula is C14H26N2O4. The van der Waals surface area contributed by atoms with Gasteiger partial charge < -0.3 is 15.2 Å². The fourth-order valence-electron chi connectivity index (χ4n) is 2.28. The molecule has 0 aromatic heterocycles. The molecule has 1 amide bonds. The monoisotopic (exact) mass is 286 g/mol. The molecule has 116 valence electrons. The Bertz CT molecular complexity index is 310. The van der Waals surface area contributed by atoms with Crippen molar-refractivity contribution in [2.24, 2.45) is 0 Å². The minimum absolute atomic E-state index is 0.0390. The number of unbranched alkanes of at least 4 members (excludes halogenated alkanes) is 2. The van der Waals surface area contributed by atoms with E-state index in [-0.39, 0.29) is 18.4 Å². The van der Waals surface area contributed by atoms with Gasteiger partial charge in [-0.25, -0.2) is 0 Å². The van der Waals surface area contributed by atoms with Crippen molar-refractivity contribution in [3.63, 3.8) is 0 Å².